The lowest BCUT2D eigenvalue weighted by molar-refractivity contribution is -0.123. The Hall–Kier alpha value is -0.590. The van der Waals surface area contributed by atoms with Gasteiger partial charge in [-0.05, 0) is 30.6 Å². The topological polar surface area (TPSA) is 17.1 Å². The molecule has 0 radical (unpaired) electrons. The summed E-state index contributed by atoms with van der Waals surface area (Å²) in [7, 11) is 0. The highest BCUT2D eigenvalue weighted by atomic mass is 16.1. The fourth-order valence-electron chi connectivity index (χ4n) is 3.28. The van der Waals surface area contributed by atoms with Crippen molar-refractivity contribution in [1.82, 2.24) is 0 Å². The number of carbonyl (C=O) groups excluding carboxylic acids is 1. The summed E-state index contributed by atoms with van der Waals surface area (Å²) >= 11 is 0. The van der Waals surface area contributed by atoms with E-state index in [1.165, 1.54) is 12.8 Å². The number of allylic oxidation sites excluding steroid dienone is 2. The SMILES string of the molecule is O=C1C[C@H]2C[C@H]1[C@@H]1C=CC[C@H]21. The van der Waals surface area contributed by atoms with Gasteiger partial charge < -0.3 is 0 Å². The zero-order chi connectivity index (χ0) is 7.42. The minimum Gasteiger partial charge on any atom is -0.299 e. The predicted molar refractivity (Wildman–Crippen MR) is 42.0 cm³/mol. The molecule has 2 bridgehead atoms. The van der Waals surface area contributed by atoms with E-state index < -0.39 is 0 Å². The Morgan fingerprint density at radius 2 is 2.36 bits per heavy atom. The molecular weight excluding hydrogens is 136 g/mol. The number of rotatable bonds is 0. The molecule has 4 atom stereocenters. The van der Waals surface area contributed by atoms with Gasteiger partial charge in [0.05, 0.1) is 0 Å². The molecule has 0 unspecified atom stereocenters. The molecular formula is C10H12O. The number of hydrogen-bond acceptors (Lipinski definition) is 1. The average molecular weight is 148 g/mol. The van der Waals surface area contributed by atoms with E-state index in [0.717, 1.165) is 18.3 Å². The van der Waals surface area contributed by atoms with Gasteiger partial charge in [-0.25, -0.2) is 0 Å². The van der Waals surface area contributed by atoms with Crippen molar-refractivity contribution >= 4 is 5.78 Å². The van der Waals surface area contributed by atoms with Crippen LogP contribution in [-0.4, -0.2) is 5.78 Å². The molecule has 58 valence electrons. The van der Waals surface area contributed by atoms with E-state index in [1.807, 2.05) is 0 Å². The normalized spacial score (nSPS) is 52.2. The average Bonchev–Trinajstić information content (AvgIpc) is 2.52. The summed E-state index contributed by atoms with van der Waals surface area (Å²) in [6, 6.07) is 0. The lowest BCUT2D eigenvalue weighted by atomic mass is 9.81. The van der Waals surface area contributed by atoms with E-state index in [1.54, 1.807) is 0 Å². The van der Waals surface area contributed by atoms with Crippen LogP contribution in [0.25, 0.3) is 0 Å². The smallest absolute Gasteiger partial charge is 0.136 e. The molecule has 2 saturated carbocycles. The third-order valence-corrected chi connectivity index (χ3v) is 3.76. The molecule has 0 heterocycles. The quantitative estimate of drug-likeness (QED) is 0.479. The van der Waals surface area contributed by atoms with Crippen LogP contribution >= 0.6 is 0 Å². The zero-order valence-electron chi connectivity index (χ0n) is 6.49. The number of hydrogen-bond donors (Lipinski definition) is 0. The molecule has 3 aliphatic carbocycles. The Morgan fingerprint density at radius 3 is 3.27 bits per heavy atom. The Balaban J connectivity index is 2.00. The van der Waals surface area contributed by atoms with E-state index in [4.69, 9.17) is 0 Å². The first-order valence-electron chi connectivity index (χ1n) is 4.55. The lowest BCUT2D eigenvalue weighted by Crippen LogP contribution is -2.23. The van der Waals surface area contributed by atoms with Gasteiger partial charge in [-0.15, -0.1) is 0 Å². The number of Topliss-reactive ketones (excluding diaryl/α,β-unsaturated/α-hetero) is 1. The first kappa shape index (κ1) is 5.99. The molecule has 0 N–H and O–H groups in total. The highest BCUT2D eigenvalue weighted by Gasteiger charge is 2.51. The molecule has 0 amide bonds. The van der Waals surface area contributed by atoms with Crippen LogP contribution in [0.5, 0.6) is 0 Å². The Bertz CT molecular complexity index is 241. The Labute approximate surface area is 66.5 Å². The van der Waals surface area contributed by atoms with Crippen molar-refractivity contribution < 1.29 is 4.79 Å². The van der Waals surface area contributed by atoms with Crippen LogP contribution in [0.4, 0.5) is 0 Å². The molecule has 0 spiro atoms. The van der Waals surface area contributed by atoms with Crippen LogP contribution in [-0.2, 0) is 4.79 Å². The van der Waals surface area contributed by atoms with Gasteiger partial charge in [0, 0.05) is 12.3 Å². The number of ketones is 1. The number of carbonyl (C=O) groups is 1. The monoisotopic (exact) mass is 148 g/mol. The van der Waals surface area contributed by atoms with Crippen molar-refractivity contribution in [3.05, 3.63) is 12.2 Å². The zero-order valence-corrected chi connectivity index (χ0v) is 6.49. The van der Waals surface area contributed by atoms with E-state index in [9.17, 15) is 4.79 Å². The Morgan fingerprint density at radius 1 is 1.45 bits per heavy atom. The third-order valence-electron chi connectivity index (χ3n) is 3.76. The fourth-order valence-corrected chi connectivity index (χ4v) is 3.28. The van der Waals surface area contributed by atoms with Gasteiger partial charge in [-0.3, -0.25) is 4.79 Å². The van der Waals surface area contributed by atoms with Gasteiger partial charge in [-0.1, -0.05) is 12.2 Å². The maximum Gasteiger partial charge on any atom is 0.136 e. The minimum absolute atomic E-state index is 0.434. The highest BCUT2D eigenvalue weighted by molar-refractivity contribution is 5.85. The van der Waals surface area contributed by atoms with E-state index >= 15 is 0 Å². The molecule has 11 heavy (non-hydrogen) atoms. The van der Waals surface area contributed by atoms with E-state index in [2.05, 4.69) is 12.2 Å². The van der Waals surface area contributed by atoms with Crippen molar-refractivity contribution in [2.24, 2.45) is 23.7 Å². The van der Waals surface area contributed by atoms with Gasteiger partial charge in [0.1, 0.15) is 5.78 Å². The van der Waals surface area contributed by atoms with Crippen LogP contribution < -0.4 is 0 Å². The van der Waals surface area contributed by atoms with Crippen LogP contribution in [0.1, 0.15) is 19.3 Å². The second kappa shape index (κ2) is 1.77. The molecule has 2 fully saturated rings. The standard InChI is InChI=1S/C10H12O/c11-10-5-6-4-9(10)8-3-1-2-7(6)8/h1,3,6-9H,2,4-5H2/t6-,7-,8-,9+/m1/s1. The number of fused-ring (bicyclic) bond motifs is 5. The molecule has 1 nitrogen and oxygen atoms in total. The molecule has 1 heteroatoms. The minimum atomic E-state index is 0.434. The van der Waals surface area contributed by atoms with Crippen LogP contribution in [0.2, 0.25) is 0 Å². The fraction of sp³-hybridized carbons (Fsp3) is 0.700. The summed E-state index contributed by atoms with van der Waals surface area (Å²) in [5, 5.41) is 0. The molecule has 0 aromatic heterocycles. The molecule has 0 saturated heterocycles. The summed E-state index contributed by atoms with van der Waals surface area (Å²) < 4.78 is 0. The van der Waals surface area contributed by atoms with Crippen molar-refractivity contribution in [1.29, 1.82) is 0 Å². The Kier molecular flexibility index (Phi) is 0.961. The van der Waals surface area contributed by atoms with Gasteiger partial charge in [-0.2, -0.15) is 0 Å². The summed E-state index contributed by atoms with van der Waals surface area (Å²) in [6.07, 6.45) is 7.91. The maximum absolute atomic E-state index is 11.3. The first-order valence-corrected chi connectivity index (χ1v) is 4.55. The summed E-state index contributed by atoms with van der Waals surface area (Å²) in [5.74, 6) is 3.25. The second-order valence-electron chi connectivity index (χ2n) is 4.18. The summed E-state index contributed by atoms with van der Waals surface area (Å²) in [5.41, 5.74) is 0. The highest BCUT2D eigenvalue weighted by Crippen LogP contribution is 2.54. The molecule has 0 aromatic rings. The van der Waals surface area contributed by atoms with Crippen LogP contribution in [0.15, 0.2) is 12.2 Å². The van der Waals surface area contributed by atoms with Crippen molar-refractivity contribution in [2.45, 2.75) is 19.3 Å². The molecule has 0 aromatic carbocycles. The van der Waals surface area contributed by atoms with Crippen molar-refractivity contribution in [3.8, 4) is 0 Å². The third kappa shape index (κ3) is 0.597. The van der Waals surface area contributed by atoms with Crippen molar-refractivity contribution in [3.63, 3.8) is 0 Å². The lowest BCUT2D eigenvalue weighted by Gasteiger charge is -2.22. The van der Waals surface area contributed by atoms with E-state index in [-0.39, 0.29) is 0 Å². The predicted octanol–water partition coefficient (Wildman–Crippen LogP) is 1.79. The largest absolute Gasteiger partial charge is 0.299 e. The molecule has 3 rings (SSSR count). The molecule has 3 aliphatic rings. The summed E-state index contributed by atoms with van der Waals surface area (Å²) in [6.45, 7) is 0. The van der Waals surface area contributed by atoms with Crippen LogP contribution in [0.3, 0.4) is 0 Å². The molecule has 0 aliphatic heterocycles. The van der Waals surface area contributed by atoms with E-state index in [0.29, 0.717) is 17.6 Å². The van der Waals surface area contributed by atoms with Gasteiger partial charge in [0.2, 0.25) is 0 Å². The second-order valence-corrected chi connectivity index (χ2v) is 4.18. The van der Waals surface area contributed by atoms with Gasteiger partial charge in [0.25, 0.3) is 0 Å². The maximum atomic E-state index is 11.3. The van der Waals surface area contributed by atoms with Gasteiger partial charge in [0.15, 0.2) is 0 Å². The van der Waals surface area contributed by atoms with Gasteiger partial charge >= 0.3 is 0 Å². The van der Waals surface area contributed by atoms with Crippen LogP contribution in [0, 0.1) is 23.7 Å². The summed E-state index contributed by atoms with van der Waals surface area (Å²) in [4.78, 5) is 11.3. The van der Waals surface area contributed by atoms with Crippen molar-refractivity contribution in [2.75, 3.05) is 0 Å². The first-order chi connectivity index (χ1) is 5.36.